The number of rotatable bonds is 2. The van der Waals surface area contributed by atoms with Gasteiger partial charge in [-0.2, -0.15) is 0 Å². The van der Waals surface area contributed by atoms with Gasteiger partial charge in [0.1, 0.15) is 6.04 Å². The highest BCUT2D eigenvalue weighted by Crippen LogP contribution is 2.27. The smallest absolute Gasteiger partial charge is 0.247 e. The van der Waals surface area contributed by atoms with Gasteiger partial charge < -0.3 is 14.6 Å². The lowest BCUT2D eigenvalue weighted by atomic mass is 10.1. The van der Waals surface area contributed by atoms with Crippen LogP contribution in [0.1, 0.15) is 43.2 Å². The maximum atomic E-state index is 12.8. The second kappa shape index (κ2) is 5.79. The van der Waals surface area contributed by atoms with E-state index in [1.54, 1.807) is 7.05 Å². The maximum absolute atomic E-state index is 12.8. The van der Waals surface area contributed by atoms with Crippen molar-refractivity contribution in [3.8, 4) is 0 Å². The van der Waals surface area contributed by atoms with Crippen LogP contribution in [0.15, 0.2) is 23.0 Å². The molecule has 0 saturated carbocycles. The number of allylic oxidation sites excluding steroid dienone is 1. The summed E-state index contributed by atoms with van der Waals surface area (Å²) in [6.07, 6.45) is 10.9. The molecule has 0 spiro atoms. The molecule has 1 N–H and O–H groups in total. The molecule has 20 heavy (non-hydrogen) atoms. The first kappa shape index (κ1) is 13.4. The Labute approximate surface area is 119 Å². The highest BCUT2D eigenvalue weighted by Gasteiger charge is 2.35. The first-order valence-electron chi connectivity index (χ1n) is 7.36. The van der Waals surface area contributed by atoms with Gasteiger partial charge in [0.25, 0.3) is 0 Å². The fraction of sp³-hybridized carbons (Fsp3) is 0.600. The topological polar surface area (TPSA) is 58.4 Å². The molecule has 3 rings (SSSR count). The second-order valence-corrected chi connectivity index (χ2v) is 5.46. The number of hydrogen-bond donors (Lipinski definition) is 1. The zero-order valence-corrected chi connectivity index (χ0v) is 11.8. The number of nitrogens with zero attached hydrogens (tertiary/aromatic N) is 2. The minimum absolute atomic E-state index is 0.114. The van der Waals surface area contributed by atoms with Crippen LogP contribution in [0.2, 0.25) is 0 Å². The number of nitrogens with one attached hydrogen (secondary N) is 1. The molecule has 1 aromatic rings. The molecule has 2 heterocycles. The summed E-state index contributed by atoms with van der Waals surface area (Å²) in [5.74, 6) is 0.799. The summed E-state index contributed by atoms with van der Waals surface area (Å²) in [7, 11) is 1.80. The van der Waals surface area contributed by atoms with Gasteiger partial charge in [0.2, 0.25) is 5.91 Å². The Kier molecular flexibility index (Phi) is 3.87. The molecule has 5 heteroatoms. The Hall–Kier alpha value is -1.62. The molecule has 2 unspecified atom stereocenters. The van der Waals surface area contributed by atoms with E-state index in [1.807, 2.05) is 4.90 Å². The van der Waals surface area contributed by atoms with Gasteiger partial charge in [0.15, 0.2) is 12.2 Å². The average molecular weight is 275 g/mol. The Morgan fingerprint density at radius 3 is 3.20 bits per heavy atom. The van der Waals surface area contributed by atoms with Gasteiger partial charge in [0.05, 0.1) is 5.69 Å². The van der Waals surface area contributed by atoms with Crippen LogP contribution in [0, 0.1) is 0 Å². The molecular weight excluding hydrogens is 254 g/mol. The fourth-order valence-electron chi connectivity index (χ4n) is 3.18. The summed E-state index contributed by atoms with van der Waals surface area (Å²) >= 11 is 0. The molecular formula is C15H21N3O2. The normalized spacial score (nSPS) is 27.1. The summed E-state index contributed by atoms with van der Waals surface area (Å²) < 4.78 is 5.44. The van der Waals surface area contributed by atoms with Crippen LogP contribution < -0.4 is 5.32 Å². The molecule has 0 fully saturated rings. The van der Waals surface area contributed by atoms with E-state index in [2.05, 4.69) is 22.5 Å². The first-order chi connectivity index (χ1) is 9.81. The summed E-state index contributed by atoms with van der Waals surface area (Å²) in [6, 6.07) is -0.0941. The second-order valence-electron chi connectivity index (χ2n) is 5.46. The molecule has 0 radical (unpaired) electrons. The third-order valence-electron chi connectivity index (χ3n) is 4.27. The molecule has 108 valence electrons. The van der Waals surface area contributed by atoms with Crippen LogP contribution in [0.25, 0.3) is 0 Å². The van der Waals surface area contributed by atoms with Crippen LogP contribution in [0.3, 0.4) is 0 Å². The molecule has 1 amide bonds. The number of hydrogen-bond acceptors (Lipinski definition) is 4. The highest BCUT2D eigenvalue weighted by molar-refractivity contribution is 5.83. The monoisotopic (exact) mass is 275 g/mol. The minimum Gasteiger partial charge on any atom is -0.446 e. The van der Waals surface area contributed by atoms with Crippen molar-refractivity contribution in [1.82, 2.24) is 15.2 Å². The SMILES string of the molecule is CNC1C(=O)N(C2CC=CCCC2)CCc2ncoc21. The molecule has 1 aliphatic heterocycles. The molecule has 2 aliphatic rings. The van der Waals surface area contributed by atoms with E-state index >= 15 is 0 Å². The Balaban J connectivity index is 1.85. The van der Waals surface area contributed by atoms with Gasteiger partial charge in [0, 0.05) is 19.0 Å². The van der Waals surface area contributed by atoms with Crippen molar-refractivity contribution >= 4 is 5.91 Å². The van der Waals surface area contributed by atoms with Crippen LogP contribution in [0.5, 0.6) is 0 Å². The Morgan fingerprint density at radius 2 is 2.35 bits per heavy atom. The van der Waals surface area contributed by atoms with E-state index in [0.29, 0.717) is 11.8 Å². The number of carbonyl (C=O) groups is 1. The van der Waals surface area contributed by atoms with E-state index in [9.17, 15) is 4.79 Å². The van der Waals surface area contributed by atoms with E-state index in [-0.39, 0.29) is 5.91 Å². The van der Waals surface area contributed by atoms with Gasteiger partial charge >= 0.3 is 0 Å². The number of likely N-dealkylation sites (N-methyl/N-ethyl adjacent to an activating group) is 1. The molecule has 1 aliphatic carbocycles. The van der Waals surface area contributed by atoms with Crippen molar-refractivity contribution in [2.24, 2.45) is 0 Å². The van der Waals surface area contributed by atoms with Crippen LogP contribution in [0.4, 0.5) is 0 Å². The predicted molar refractivity (Wildman–Crippen MR) is 75.1 cm³/mol. The van der Waals surface area contributed by atoms with Crippen molar-refractivity contribution in [3.63, 3.8) is 0 Å². The third-order valence-corrected chi connectivity index (χ3v) is 4.27. The van der Waals surface area contributed by atoms with Crippen LogP contribution in [-0.2, 0) is 11.2 Å². The van der Waals surface area contributed by atoms with E-state index in [0.717, 1.165) is 44.3 Å². The van der Waals surface area contributed by atoms with Gasteiger partial charge in [-0.05, 0) is 32.7 Å². The Morgan fingerprint density at radius 1 is 1.45 bits per heavy atom. The fourth-order valence-corrected chi connectivity index (χ4v) is 3.18. The Bertz CT molecular complexity index is 509. The van der Waals surface area contributed by atoms with Gasteiger partial charge in [-0.15, -0.1) is 0 Å². The third kappa shape index (κ3) is 2.38. The standard InChI is InChI=1S/C15H21N3O2/c1-16-13-14-12(17-10-20-14)8-9-18(15(13)19)11-6-4-2-3-5-7-11/h2,4,10-11,13,16H,3,5-9H2,1H3. The van der Waals surface area contributed by atoms with Crippen molar-refractivity contribution in [2.45, 2.75) is 44.2 Å². The molecule has 5 nitrogen and oxygen atoms in total. The number of amides is 1. The lowest BCUT2D eigenvalue weighted by Crippen LogP contribution is -2.45. The van der Waals surface area contributed by atoms with Crippen LogP contribution >= 0.6 is 0 Å². The minimum atomic E-state index is -0.401. The van der Waals surface area contributed by atoms with E-state index < -0.39 is 6.04 Å². The van der Waals surface area contributed by atoms with Crippen LogP contribution in [-0.4, -0.2) is 35.4 Å². The first-order valence-corrected chi connectivity index (χ1v) is 7.36. The molecule has 0 aromatic carbocycles. The molecule has 0 saturated heterocycles. The average Bonchev–Trinajstić information content (AvgIpc) is 2.69. The van der Waals surface area contributed by atoms with Crippen molar-refractivity contribution in [1.29, 1.82) is 0 Å². The number of carbonyl (C=O) groups excluding carboxylic acids is 1. The van der Waals surface area contributed by atoms with Gasteiger partial charge in [-0.1, -0.05) is 12.2 Å². The zero-order valence-electron chi connectivity index (χ0n) is 11.8. The lowest BCUT2D eigenvalue weighted by Gasteiger charge is -2.31. The molecule has 2 atom stereocenters. The highest BCUT2D eigenvalue weighted by atomic mass is 16.3. The quantitative estimate of drug-likeness (QED) is 0.836. The number of aromatic nitrogens is 1. The molecule has 0 bridgehead atoms. The number of fused-ring (bicyclic) bond motifs is 1. The summed E-state index contributed by atoms with van der Waals surface area (Å²) in [5.41, 5.74) is 0.907. The van der Waals surface area contributed by atoms with Crippen molar-refractivity contribution in [3.05, 3.63) is 30.0 Å². The summed E-state index contributed by atoms with van der Waals surface area (Å²) in [6.45, 7) is 0.731. The van der Waals surface area contributed by atoms with Crippen molar-refractivity contribution in [2.75, 3.05) is 13.6 Å². The van der Waals surface area contributed by atoms with Crippen molar-refractivity contribution < 1.29 is 9.21 Å². The largest absolute Gasteiger partial charge is 0.446 e. The van der Waals surface area contributed by atoms with E-state index in [1.165, 1.54) is 6.39 Å². The molecule has 1 aromatic heterocycles. The van der Waals surface area contributed by atoms with Gasteiger partial charge in [-0.25, -0.2) is 4.98 Å². The van der Waals surface area contributed by atoms with E-state index in [4.69, 9.17) is 4.42 Å². The number of oxazole rings is 1. The summed E-state index contributed by atoms with van der Waals surface area (Å²) in [5, 5.41) is 3.08. The summed E-state index contributed by atoms with van der Waals surface area (Å²) in [4.78, 5) is 19.1. The predicted octanol–water partition coefficient (Wildman–Crippen LogP) is 1.82. The zero-order chi connectivity index (χ0) is 13.9. The maximum Gasteiger partial charge on any atom is 0.247 e. The van der Waals surface area contributed by atoms with Gasteiger partial charge in [-0.3, -0.25) is 4.79 Å². The lowest BCUT2D eigenvalue weighted by molar-refractivity contribution is -0.136.